The van der Waals surface area contributed by atoms with Crippen LogP contribution < -0.4 is 5.32 Å². The molecular formula is C59H105NO8. The zero-order valence-corrected chi connectivity index (χ0v) is 43.6. The van der Waals surface area contributed by atoms with Crippen molar-refractivity contribution in [3.8, 4) is 0 Å². The number of ether oxygens (including phenoxy) is 2. The molecule has 0 aromatic rings. The van der Waals surface area contributed by atoms with Crippen LogP contribution in [0.3, 0.4) is 0 Å². The molecule has 0 aromatic heterocycles. The summed E-state index contributed by atoms with van der Waals surface area (Å²) in [6, 6.07) is -0.836. The van der Waals surface area contributed by atoms with Gasteiger partial charge in [0.2, 0.25) is 5.91 Å². The Balaban J connectivity index is 2.30. The van der Waals surface area contributed by atoms with Crippen LogP contribution >= 0.6 is 0 Å². The van der Waals surface area contributed by atoms with Crippen molar-refractivity contribution in [2.24, 2.45) is 0 Å². The summed E-state index contributed by atoms with van der Waals surface area (Å²) in [6.45, 7) is 3.75. The number of carbonyl (C=O) groups is 1. The minimum absolute atomic E-state index is 0.199. The number of rotatable bonds is 47. The summed E-state index contributed by atoms with van der Waals surface area (Å²) >= 11 is 0. The maximum atomic E-state index is 13.0. The van der Waals surface area contributed by atoms with Gasteiger partial charge in [0.1, 0.15) is 24.4 Å². The minimum Gasteiger partial charge on any atom is -0.394 e. The first kappa shape index (κ1) is 63.6. The molecule has 0 bridgehead atoms. The molecule has 68 heavy (non-hydrogen) atoms. The Morgan fingerprint density at radius 2 is 0.882 bits per heavy atom. The molecule has 7 unspecified atom stereocenters. The van der Waals surface area contributed by atoms with Gasteiger partial charge in [-0.2, -0.15) is 0 Å². The second-order valence-electron chi connectivity index (χ2n) is 19.4. The van der Waals surface area contributed by atoms with Gasteiger partial charge in [-0.15, -0.1) is 0 Å². The molecule has 7 atom stereocenters. The Hall–Kier alpha value is -2.37. The summed E-state index contributed by atoms with van der Waals surface area (Å²) in [5, 5.41) is 54.4. The second kappa shape index (κ2) is 48.3. The fourth-order valence-electron chi connectivity index (χ4n) is 8.49. The summed E-state index contributed by atoms with van der Waals surface area (Å²) in [6.07, 6.45) is 59.6. The number of aliphatic hydroxyl groups is 5. The van der Waals surface area contributed by atoms with E-state index in [2.05, 4.69) is 79.9 Å². The number of hydrogen-bond donors (Lipinski definition) is 6. The van der Waals surface area contributed by atoms with Crippen molar-refractivity contribution >= 4 is 5.91 Å². The third-order valence-corrected chi connectivity index (χ3v) is 13.0. The summed E-state index contributed by atoms with van der Waals surface area (Å²) in [4.78, 5) is 13.0. The van der Waals surface area contributed by atoms with Gasteiger partial charge in [0.15, 0.2) is 6.29 Å². The van der Waals surface area contributed by atoms with Gasteiger partial charge < -0.3 is 40.3 Å². The van der Waals surface area contributed by atoms with Crippen LogP contribution in [0.25, 0.3) is 0 Å². The van der Waals surface area contributed by atoms with E-state index in [1.54, 1.807) is 6.08 Å². The molecule has 9 heteroatoms. The molecule has 394 valence electrons. The third-order valence-electron chi connectivity index (χ3n) is 13.0. The van der Waals surface area contributed by atoms with Crippen molar-refractivity contribution in [1.82, 2.24) is 5.32 Å². The van der Waals surface area contributed by atoms with Crippen LogP contribution in [0.1, 0.15) is 239 Å². The standard InChI is InChI=1S/C59H105NO8/c1-3-5-7-9-11-13-15-17-19-21-23-25-27-29-31-33-35-37-39-41-43-45-47-49-55(63)60-52(51-67-59-58(66)57(65)56(64)54(50-61)68-59)53(62)48-46-44-42-40-38-36-34-32-30-28-26-24-22-20-18-16-14-12-10-8-6-4-2/h15,17,21,23,27,29-30,32,38,40,46,48,52-54,56-59,61-62,64-66H,3-14,16,18-20,22,24-26,28,31,33-37,39,41-45,47,49-51H2,1-2H3,(H,60,63)/b17-15-,23-21-,29-27-,32-30+,40-38+,48-46+. The quantitative estimate of drug-likeness (QED) is 0.0261. The highest BCUT2D eigenvalue weighted by Crippen LogP contribution is 2.23. The molecule has 9 nitrogen and oxygen atoms in total. The molecule has 1 saturated heterocycles. The van der Waals surface area contributed by atoms with E-state index in [9.17, 15) is 30.3 Å². The first-order valence-electron chi connectivity index (χ1n) is 28.2. The number of amides is 1. The maximum Gasteiger partial charge on any atom is 0.220 e. The molecule has 0 spiro atoms. The van der Waals surface area contributed by atoms with Crippen LogP contribution in [0.2, 0.25) is 0 Å². The predicted molar refractivity (Wildman–Crippen MR) is 285 cm³/mol. The van der Waals surface area contributed by atoms with Gasteiger partial charge in [-0.1, -0.05) is 222 Å². The van der Waals surface area contributed by atoms with Crippen LogP contribution in [0.15, 0.2) is 72.9 Å². The van der Waals surface area contributed by atoms with E-state index in [1.165, 1.54) is 148 Å². The Morgan fingerprint density at radius 1 is 0.500 bits per heavy atom. The summed E-state index contributed by atoms with van der Waals surface area (Å²) in [7, 11) is 0. The van der Waals surface area contributed by atoms with Gasteiger partial charge in [-0.25, -0.2) is 0 Å². The molecule has 6 N–H and O–H groups in total. The minimum atomic E-state index is -1.58. The zero-order valence-electron chi connectivity index (χ0n) is 43.6. The average Bonchev–Trinajstić information content (AvgIpc) is 3.34. The summed E-state index contributed by atoms with van der Waals surface area (Å²) in [5.74, 6) is -0.199. The Labute approximate surface area is 417 Å². The molecular weight excluding hydrogens is 851 g/mol. The van der Waals surface area contributed by atoms with Crippen LogP contribution in [0, 0.1) is 0 Å². The van der Waals surface area contributed by atoms with E-state index in [4.69, 9.17) is 9.47 Å². The molecule has 1 fully saturated rings. The average molecular weight is 956 g/mol. The molecule has 1 aliphatic heterocycles. The highest BCUT2D eigenvalue weighted by atomic mass is 16.7. The van der Waals surface area contributed by atoms with E-state index in [-0.39, 0.29) is 12.5 Å². The van der Waals surface area contributed by atoms with Gasteiger partial charge in [0.25, 0.3) is 0 Å². The smallest absolute Gasteiger partial charge is 0.220 e. The SMILES string of the molecule is CCCCCCC/C=C\C/C=C\C/C=C\CCCCCCCCCCC(=O)NC(COC1OC(CO)C(O)C(O)C1O)C(O)/C=C/CC/C=C/CC/C=C/CCCCCCCCCCCCCC. The lowest BCUT2D eigenvalue weighted by atomic mass is 9.99. The molecule has 0 aromatic carbocycles. The van der Waals surface area contributed by atoms with Gasteiger partial charge in [0.05, 0.1) is 25.4 Å². The molecule has 0 radical (unpaired) electrons. The number of nitrogens with one attached hydrogen (secondary N) is 1. The number of allylic oxidation sites excluding steroid dienone is 11. The maximum absolute atomic E-state index is 13.0. The Morgan fingerprint density at radius 3 is 1.34 bits per heavy atom. The van der Waals surface area contributed by atoms with Crippen molar-refractivity contribution < 1.29 is 39.8 Å². The Bertz CT molecular complexity index is 1290. The van der Waals surface area contributed by atoms with E-state index >= 15 is 0 Å². The number of carbonyl (C=O) groups excluding carboxylic acids is 1. The molecule has 1 rings (SSSR count). The first-order chi connectivity index (χ1) is 33.3. The highest BCUT2D eigenvalue weighted by Gasteiger charge is 2.44. The van der Waals surface area contributed by atoms with Gasteiger partial charge >= 0.3 is 0 Å². The zero-order chi connectivity index (χ0) is 49.4. The van der Waals surface area contributed by atoms with Crippen molar-refractivity contribution in [2.45, 2.75) is 281 Å². The van der Waals surface area contributed by atoms with Crippen LogP contribution in [-0.2, 0) is 14.3 Å². The van der Waals surface area contributed by atoms with Crippen molar-refractivity contribution in [1.29, 1.82) is 0 Å². The van der Waals surface area contributed by atoms with Crippen LogP contribution in [0.5, 0.6) is 0 Å². The van der Waals surface area contributed by atoms with Gasteiger partial charge in [-0.05, 0) is 83.5 Å². The lowest BCUT2D eigenvalue weighted by Crippen LogP contribution is -2.60. The molecule has 1 amide bonds. The van der Waals surface area contributed by atoms with E-state index < -0.39 is 49.5 Å². The molecule has 1 aliphatic rings. The lowest BCUT2D eigenvalue weighted by Gasteiger charge is -2.40. The normalized spacial score (nSPS) is 20.1. The Kier molecular flexibility index (Phi) is 45.2. The number of hydrogen-bond acceptors (Lipinski definition) is 8. The number of unbranched alkanes of at least 4 members (excludes halogenated alkanes) is 27. The monoisotopic (exact) mass is 956 g/mol. The van der Waals surface area contributed by atoms with E-state index in [1.807, 2.05) is 6.08 Å². The lowest BCUT2D eigenvalue weighted by molar-refractivity contribution is -0.302. The van der Waals surface area contributed by atoms with Gasteiger partial charge in [-0.3, -0.25) is 4.79 Å². The molecule has 0 saturated carbocycles. The fraction of sp³-hybridized carbons (Fsp3) is 0.780. The number of aliphatic hydroxyl groups excluding tert-OH is 5. The third kappa shape index (κ3) is 37.5. The van der Waals surface area contributed by atoms with Gasteiger partial charge in [0, 0.05) is 6.42 Å². The van der Waals surface area contributed by atoms with Crippen molar-refractivity contribution in [2.75, 3.05) is 13.2 Å². The van der Waals surface area contributed by atoms with E-state index in [0.29, 0.717) is 6.42 Å². The highest BCUT2D eigenvalue weighted by molar-refractivity contribution is 5.76. The topological polar surface area (TPSA) is 149 Å². The van der Waals surface area contributed by atoms with Crippen molar-refractivity contribution in [3.63, 3.8) is 0 Å². The van der Waals surface area contributed by atoms with Crippen molar-refractivity contribution in [3.05, 3.63) is 72.9 Å². The predicted octanol–water partition coefficient (Wildman–Crippen LogP) is 13.7. The first-order valence-corrected chi connectivity index (χ1v) is 28.2. The largest absolute Gasteiger partial charge is 0.394 e. The second-order valence-corrected chi connectivity index (χ2v) is 19.4. The molecule has 0 aliphatic carbocycles. The van der Waals surface area contributed by atoms with E-state index in [0.717, 1.165) is 70.6 Å². The van der Waals surface area contributed by atoms with Crippen LogP contribution in [-0.4, -0.2) is 87.5 Å². The summed E-state index contributed by atoms with van der Waals surface area (Å²) < 4.78 is 11.2. The fourth-order valence-corrected chi connectivity index (χ4v) is 8.49. The molecule has 1 heterocycles. The summed E-state index contributed by atoms with van der Waals surface area (Å²) in [5.41, 5.74) is 0. The van der Waals surface area contributed by atoms with Crippen LogP contribution in [0.4, 0.5) is 0 Å².